The van der Waals surface area contributed by atoms with Crippen molar-refractivity contribution >= 4 is 44.7 Å². The van der Waals surface area contributed by atoms with Crippen molar-refractivity contribution in [3.05, 3.63) is 144 Å². The van der Waals surface area contributed by atoms with Gasteiger partial charge in [-0.05, 0) is 73.8 Å². The lowest BCUT2D eigenvalue weighted by atomic mass is 9.94. The molecule has 2 nitrogen and oxygen atoms in total. The van der Waals surface area contributed by atoms with Crippen LogP contribution in [0, 0.1) is 5.92 Å². The molecule has 2 aromatic heterocycles. The number of benzene rings is 4. The molecule has 0 bridgehead atoms. The summed E-state index contributed by atoms with van der Waals surface area (Å²) in [5.74, 6) is 0.344. The maximum absolute atomic E-state index is 4.79. The van der Waals surface area contributed by atoms with Gasteiger partial charge in [0.2, 0.25) is 0 Å². The highest BCUT2D eigenvalue weighted by Crippen LogP contribution is 2.30. The van der Waals surface area contributed by atoms with Crippen molar-refractivity contribution < 1.29 is 0 Å². The van der Waals surface area contributed by atoms with Gasteiger partial charge in [-0.1, -0.05) is 97.1 Å². The fourth-order valence-electron chi connectivity index (χ4n) is 5.82. The molecule has 6 aromatic rings. The number of fused-ring (bicyclic) bond motifs is 6. The Bertz CT molecular complexity index is 2160. The Balaban J connectivity index is 1.15. The van der Waals surface area contributed by atoms with E-state index < -0.39 is 0 Å². The number of pyridine rings is 2. The molecule has 0 saturated heterocycles. The van der Waals surface area contributed by atoms with Crippen LogP contribution in [0.25, 0.3) is 67.0 Å². The Labute approximate surface area is 226 Å². The van der Waals surface area contributed by atoms with Crippen LogP contribution in [0.3, 0.4) is 0 Å². The van der Waals surface area contributed by atoms with Crippen molar-refractivity contribution in [2.75, 3.05) is 0 Å². The van der Waals surface area contributed by atoms with Crippen LogP contribution < -0.4 is 10.4 Å². The topological polar surface area (TPSA) is 25.8 Å². The van der Waals surface area contributed by atoms with Gasteiger partial charge in [-0.25, -0.2) is 0 Å². The van der Waals surface area contributed by atoms with E-state index in [-0.39, 0.29) is 0 Å². The van der Waals surface area contributed by atoms with Gasteiger partial charge in [0.15, 0.2) is 0 Å². The smallest absolute Gasteiger partial charge is 0.0964 e. The van der Waals surface area contributed by atoms with Crippen LogP contribution in [0.5, 0.6) is 0 Å². The van der Waals surface area contributed by atoms with Crippen LogP contribution >= 0.6 is 0 Å². The van der Waals surface area contributed by atoms with E-state index in [0.29, 0.717) is 5.92 Å². The van der Waals surface area contributed by atoms with Gasteiger partial charge >= 0.3 is 0 Å². The predicted octanol–water partition coefficient (Wildman–Crippen LogP) is 7.51. The summed E-state index contributed by atoms with van der Waals surface area (Å²) >= 11 is 0. The van der Waals surface area contributed by atoms with E-state index in [4.69, 9.17) is 4.98 Å². The average Bonchev–Trinajstić information content (AvgIpc) is 3.18. The minimum absolute atomic E-state index is 0.344. The van der Waals surface area contributed by atoms with E-state index in [9.17, 15) is 0 Å². The van der Waals surface area contributed by atoms with Gasteiger partial charge in [0.1, 0.15) is 0 Å². The molecule has 0 fully saturated rings. The van der Waals surface area contributed by atoms with Crippen molar-refractivity contribution in [1.82, 2.24) is 9.97 Å². The molecule has 4 aromatic carbocycles. The molecular formula is C37H24N2. The van der Waals surface area contributed by atoms with E-state index in [0.717, 1.165) is 32.9 Å². The second kappa shape index (κ2) is 8.75. The molecule has 0 amide bonds. The molecule has 1 atom stereocenters. The van der Waals surface area contributed by atoms with Crippen LogP contribution in [-0.4, -0.2) is 9.97 Å². The Kier molecular flexibility index (Phi) is 4.92. The van der Waals surface area contributed by atoms with Gasteiger partial charge in [-0.2, -0.15) is 0 Å². The molecule has 0 radical (unpaired) electrons. The van der Waals surface area contributed by atoms with E-state index in [1.165, 1.54) is 37.9 Å². The molecule has 0 saturated carbocycles. The zero-order valence-electron chi connectivity index (χ0n) is 21.3. The molecule has 2 heteroatoms. The van der Waals surface area contributed by atoms with Gasteiger partial charge in [-0.15, -0.1) is 0 Å². The summed E-state index contributed by atoms with van der Waals surface area (Å²) in [6.45, 7) is 0. The van der Waals surface area contributed by atoms with Crippen LogP contribution in [0.4, 0.5) is 0 Å². The number of hydrogen-bond donors (Lipinski definition) is 0. The number of nitrogens with zero attached hydrogens (tertiary/aromatic N) is 2. The molecule has 0 N–H and O–H groups in total. The minimum Gasteiger partial charge on any atom is -0.254 e. The first-order valence-corrected chi connectivity index (χ1v) is 13.4. The van der Waals surface area contributed by atoms with Gasteiger partial charge < -0.3 is 0 Å². The fraction of sp³-hybridized carbons (Fsp3) is 0.0270. The number of aromatic nitrogens is 2. The van der Waals surface area contributed by atoms with Crippen molar-refractivity contribution in [3.8, 4) is 22.3 Å². The number of allylic oxidation sites excluding steroid dienone is 6. The minimum atomic E-state index is 0.344. The van der Waals surface area contributed by atoms with E-state index >= 15 is 0 Å². The third-order valence-electron chi connectivity index (χ3n) is 7.93. The normalized spacial score (nSPS) is 15.8. The van der Waals surface area contributed by atoms with Crippen molar-refractivity contribution in [2.24, 2.45) is 5.92 Å². The predicted molar refractivity (Wildman–Crippen MR) is 163 cm³/mol. The first-order chi connectivity index (χ1) is 19.3. The fourth-order valence-corrected chi connectivity index (χ4v) is 5.82. The highest BCUT2D eigenvalue weighted by Gasteiger charge is 2.11. The Morgan fingerprint density at radius 3 is 2.21 bits per heavy atom. The summed E-state index contributed by atoms with van der Waals surface area (Å²) in [7, 11) is 0. The molecule has 8 rings (SSSR count). The van der Waals surface area contributed by atoms with Crippen molar-refractivity contribution in [1.29, 1.82) is 0 Å². The molecular weight excluding hydrogens is 472 g/mol. The monoisotopic (exact) mass is 496 g/mol. The van der Waals surface area contributed by atoms with Gasteiger partial charge in [0.25, 0.3) is 0 Å². The second-order valence-electron chi connectivity index (χ2n) is 10.3. The second-order valence-corrected chi connectivity index (χ2v) is 10.3. The number of hydrogen-bond acceptors (Lipinski definition) is 2. The summed E-state index contributed by atoms with van der Waals surface area (Å²) in [6, 6.07) is 30.7. The van der Waals surface area contributed by atoms with Crippen LogP contribution in [-0.2, 0) is 0 Å². The summed E-state index contributed by atoms with van der Waals surface area (Å²) in [5.41, 5.74) is 7.92. The largest absolute Gasteiger partial charge is 0.254 e. The first kappa shape index (κ1) is 22.0. The molecule has 39 heavy (non-hydrogen) atoms. The van der Waals surface area contributed by atoms with Gasteiger partial charge in [-0.3, -0.25) is 9.97 Å². The molecule has 0 aliphatic heterocycles. The molecule has 2 heterocycles. The first-order valence-electron chi connectivity index (χ1n) is 13.4. The lowest BCUT2D eigenvalue weighted by molar-refractivity contribution is 1.05. The molecule has 2 aliphatic carbocycles. The molecule has 0 spiro atoms. The third kappa shape index (κ3) is 3.81. The average molecular weight is 497 g/mol. The lowest BCUT2D eigenvalue weighted by Crippen LogP contribution is -2.24. The van der Waals surface area contributed by atoms with Crippen LogP contribution in [0.1, 0.15) is 0 Å². The van der Waals surface area contributed by atoms with Crippen molar-refractivity contribution in [3.63, 3.8) is 0 Å². The standard InChI is InChI=1S/C37H24N2/c1-2-5-28-18-33-21-31-15-14-29(19-34(31)20-30(33)13-11-24(28)4-1)25-7-9-26(10-8-25)35-22-32-16-12-27-6-3-17-38-36(27)37(32)39-23-35/h1-23,28H. The van der Waals surface area contributed by atoms with Gasteiger partial charge in [0, 0.05) is 34.6 Å². The van der Waals surface area contributed by atoms with Gasteiger partial charge in [0.05, 0.1) is 11.0 Å². The highest BCUT2D eigenvalue weighted by molar-refractivity contribution is 6.03. The Hall–Kier alpha value is -5.08. The molecule has 182 valence electrons. The Morgan fingerprint density at radius 1 is 0.538 bits per heavy atom. The van der Waals surface area contributed by atoms with Crippen molar-refractivity contribution in [2.45, 2.75) is 0 Å². The molecule has 1 unspecified atom stereocenters. The number of rotatable bonds is 2. The molecule has 2 aliphatic rings. The zero-order chi connectivity index (χ0) is 25.8. The lowest BCUT2D eigenvalue weighted by Gasteiger charge is -2.11. The van der Waals surface area contributed by atoms with Crippen LogP contribution in [0.15, 0.2) is 133 Å². The van der Waals surface area contributed by atoms with Crippen LogP contribution in [0.2, 0.25) is 0 Å². The summed E-state index contributed by atoms with van der Waals surface area (Å²) in [6.07, 6.45) is 19.4. The van der Waals surface area contributed by atoms with E-state index in [1.54, 1.807) is 0 Å². The third-order valence-corrected chi connectivity index (χ3v) is 7.93. The maximum atomic E-state index is 4.79. The van der Waals surface area contributed by atoms with E-state index in [1.807, 2.05) is 18.5 Å². The maximum Gasteiger partial charge on any atom is 0.0964 e. The zero-order valence-corrected chi connectivity index (χ0v) is 21.3. The summed E-state index contributed by atoms with van der Waals surface area (Å²) in [4.78, 5) is 9.34. The highest BCUT2D eigenvalue weighted by atomic mass is 14.7. The quantitative estimate of drug-likeness (QED) is 0.232. The van der Waals surface area contributed by atoms with E-state index in [2.05, 4.69) is 126 Å². The Morgan fingerprint density at radius 2 is 1.28 bits per heavy atom. The summed E-state index contributed by atoms with van der Waals surface area (Å²) in [5, 5.41) is 7.30. The SMILES string of the molecule is C1=CC2=CC=c3cc4cc(-c5ccc(-c6cnc7c(ccc8cccnc87)c6)cc5)ccc4cc3=CC2C=C1. The summed E-state index contributed by atoms with van der Waals surface area (Å²) < 4.78 is 0.